The van der Waals surface area contributed by atoms with Gasteiger partial charge in [-0.25, -0.2) is 4.98 Å². The van der Waals surface area contributed by atoms with Gasteiger partial charge in [0.25, 0.3) is 0 Å². The van der Waals surface area contributed by atoms with E-state index in [4.69, 9.17) is 28.2 Å². The average Bonchev–Trinajstić information content (AvgIpc) is 3.10. The number of para-hydroxylation sites is 1. The Morgan fingerprint density at radius 1 is 1.24 bits per heavy atom. The van der Waals surface area contributed by atoms with E-state index in [1.54, 1.807) is 0 Å². The van der Waals surface area contributed by atoms with Crippen LogP contribution in [0.15, 0.2) is 18.2 Å². The number of nitrogens with zero attached hydrogens (tertiary/aromatic N) is 3. The molecule has 0 bridgehead atoms. The first-order valence-corrected chi connectivity index (χ1v) is 8.52. The maximum absolute atomic E-state index is 6.41. The first-order chi connectivity index (χ1) is 10.2. The number of hydrogen-bond acceptors (Lipinski definition) is 2. The third-order valence-electron chi connectivity index (χ3n) is 4.96. The van der Waals surface area contributed by atoms with Crippen LogP contribution in [-0.2, 0) is 0 Å². The van der Waals surface area contributed by atoms with E-state index in [0.29, 0.717) is 17.1 Å². The molecule has 0 radical (unpaired) electrons. The van der Waals surface area contributed by atoms with E-state index < -0.39 is 0 Å². The van der Waals surface area contributed by atoms with Crippen LogP contribution in [0.4, 0.5) is 0 Å². The van der Waals surface area contributed by atoms with Crippen molar-refractivity contribution in [2.24, 2.45) is 0 Å². The van der Waals surface area contributed by atoms with Gasteiger partial charge in [0, 0.05) is 12.6 Å². The van der Waals surface area contributed by atoms with Crippen LogP contribution >= 0.6 is 23.2 Å². The minimum absolute atomic E-state index is 0.107. The number of halogens is 2. The molecule has 1 aromatic carbocycles. The predicted molar refractivity (Wildman–Crippen MR) is 87.3 cm³/mol. The standard InChI is InChI=1S/C16H19Cl2N3/c1-10(17)16-19-15-11(18)4-2-5-14(15)21(16)13-7-9-20-8-3-6-12(13)20/h2,4-5,10,12-13H,3,6-9H2,1H3. The predicted octanol–water partition coefficient (Wildman–Crippen LogP) is 4.40. The summed E-state index contributed by atoms with van der Waals surface area (Å²) in [6, 6.07) is 7.14. The highest BCUT2D eigenvalue weighted by Gasteiger charge is 2.40. The smallest absolute Gasteiger partial charge is 0.128 e. The van der Waals surface area contributed by atoms with E-state index in [-0.39, 0.29) is 5.38 Å². The lowest BCUT2D eigenvalue weighted by atomic mass is 10.1. The van der Waals surface area contributed by atoms with E-state index in [9.17, 15) is 0 Å². The number of alkyl halides is 1. The van der Waals surface area contributed by atoms with Gasteiger partial charge in [-0.15, -0.1) is 11.6 Å². The summed E-state index contributed by atoms with van der Waals surface area (Å²) in [5, 5.41) is 0.606. The molecule has 0 amide bonds. The molecule has 2 aliphatic heterocycles. The molecule has 0 spiro atoms. The summed E-state index contributed by atoms with van der Waals surface area (Å²) in [6.07, 6.45) is 3.76. The largest absolute Gasteiger partial charge is 0.322 e. The van der Waals surface area contributed by atoms with Crippen molar-refractivity contribution in [1.82, 2.24) is 14.5 Å². The Hall–Kier alpha value is -0.770. The lowest BCUT2D eigenvalue weighted by Gasteiger charge is -2.24. The fourth-order valence-corrected chi connectivity index (χ4v) is 4.45. The SMILES string of the molecule is CC(Cl)c1nc2c(Cl)cccc2n1C1CCN2CCCC12. The number of hydrogen-bond donors (Lipinski definition) is 0. The van der Waals surface area contributed by atoms with Gasteiger partial charge in [-0.3, -0.25) is 4.90 Å². The molecular weight excluding hydrogens is 305 g/mol. The summed E-state index contributed by atoms with van der Waals surface area (Å²) >= 11 is 12.7. The number of imidazole rings is 1. The summed E-state index contributed by atoms with van der Waals surface area (Å²) in [6.45, 7) is 4.42. The van der Waals surface area contributed by atoms with Crippen LogP contribution in [0.5, 0.6) is 0 Å². The van der Waals surface area contributed by atoms with E-state index >= 15 is 0 Å². The first kappa shape index (κ1) is 13.9. The van der Waals surface area contributed by atoms with Gasteiger partial charge in [0.2, 0.25) is 0 Å². The number of fused-ring (bicyclic) bond motifs is 2. The normalized spacial score (nSPS) is 27.4. The Kier molecular flexibility index (Phi) is 3.40. The van der Waals surface area contributed by atoms with Crippen LogP contribution < -0.4 is 0 Å². The summed E-state index contributed by atoms with van der Waals surface area (Å²) in [5.74, 6) is 0.957. The van der Waals surface area contributed by atoms with Crippen LogP contribution in [0.3, 0.4) is 0 Å². The van der Waals surface area contributed by atoms with Gasteiger partial charge < -0.3 is 4.57 Å². The Balaban J connectivity index is 1.90. The number of benzene rings is 1. The molecule has 3 unspecified atom stereocenters. The van der Waals surface area contributed by atoms with Crippen LogP contribution in [0.1, 0.15) is 43.4 Å². The summed E-state index contributed by atoms with van der Waals surface area (Å²) < 4.78 is 2.37. The van der Waals surface area contributed by atoms with Crippen molar-refractivity contribution in [1.29, 1.82) is 0 Å². The van der Waals surface area contributed by atoms with Crippen molar-refractivity contribution in [2.75, 3.05) is 13.1 Å². The molecule has 2 saturated heterocycles. The zero-order valence-electron chi connectivity index (χ0n) is 12.1. The molecule has 1 aromatic heterocycles. The van der Waals surface area contributed by atoms with Crippen LogP contribution in [0.2, 0.25) is 5.02 Å². The Labute approximate surface area is 134 Å². The molecule has 3 nitrogen and oxygen atoms in total. The quantitative estimate of drug-likeness (QED) is 0.764. The van der Waals surface area contributed by atoms with Crippen LogP contribution in [0.25, 0.3) is 11.0 Å². The van der Waals surface area contributed by atoms with E-state index in [1.165, 1.54) is 32.4 Å². The molecule has 4 rings (SSSR count). The summed E-state index contributed by atoms with van der Waals surface area (Å²) in [5.41, 5.74) is 2.02. The second-order valence-corrected chi connectivity index (χ2v) is 7.23. The molecule has 2 aromatic rings. The molecule has 2 fully saturated rings. The van der Waals surface area contributed by atoms with Gasteiger partial charge in [0.1, 0.15) is 11.3 Å². The van der Waals surface area contributed by atoms with Gasteiger partial charge >= 0.3 is 0 Å². The Bertz CT molecular complexity index is 679. The second kappa shape index (κ2) is 5.15. The highest BCUT2D eigenvalue weighted by atomic mass is 35.5. The molecule has 3 atom stereocenters. The fraction of sp³-hybridized carbons (Fsp3) is 0.562. The van der Waals surface area contributed by atoms with Gasteiger partial charge in [-0.1, -0.05) is 17.7 Å². The van der Waals surface area contributed by atoms with Gasteiger partial charge in [0.05, 0.1) is 22.0 Å². The molecule has 0 aliphatic carbocycles. The maximum Gasteiger partial charge on any atom is 0.128 e. The molecule has 0 N–H and O–H groups in total. The van der Waals surface area contributed by atoms with Crippen molar-refractivity contribution in [3.05, 3.63) is 29.0 Å². The van der Waals surface area contributed by atoms with Gasteiger partial charge in [0.15, 0.2) is 0 Å². The zero-order chi connectivity index (χ0) is 14.6. The molecule has 0 saturated carbocycles. The molecule has 21 heavy (non-hydrogen) atoms. The van der Waals surface area contributed by atoms with Gasteiger partial charge in [-0.05, 0) is 44.9 Å². The molecular formula is C16H19Cl2N3. The summed E-state index contributed by atoms with van der Waals surface area (Å²) in [7, 11) is 0. The summed E-state index contributed by atoms with van der Waals surface area (Å²) in [4.78, 5) is 7.37. The van der Waals surface area contributed by atoms with E-state index in [2.05, 4.69) is 15.5 Å². The average molecular weight is 324 g/mol. The van der Waals surface area contributed by atoms with Crippen molar-refractivity contribution in [2.45, 2.75) is 43.6 Å². The molecule has 112 valence electrons. The van der Waals surface area contributed by atoms with Crippen LogP contribution in [0, 0.1) is 0 Å². The molecule has 3 heterocycles. The second-order valence-electron chi connectivity index (χ2n) is 6.17. The van der Waals surface area contributed by atoms with Crippen molar-refractivity contribution >= 4 is 34.2 Å². The van der Waals surface area contributed by atoms with E-state index in [0.717, 1.165) is 16.9 Å². The topological polar surface area (TPSA) is 21.1 Å². The fourth-order valence-electron chi connectivity index (χ4n) is 4.09. The van der Waals surface area contributed by atoms with Crippen molar-refractivity contribution in [3.63, 3.8) is 0 Å². The Morgan fingerprint density at radius 3 is 2.90 bits per heavy atom. The minimum atomic E-state index is -0.107. The zero-order valence-corrected chi connectivity index (χ0v) is 13.6. The minimum Gasteiger partial charge on any atom is -0.322 e. The first-order valence-electron chi connectivity index (χ1n) is 7.71. The van der Waals surface area contributed by atoms with E-state index in [1.807, 2.05) is 19.1 Å². The number of rotatable bonds is 2. The van der Waals surface area contributed by atoms with Gasteiger partial charge in [-0.2, -0.15) is 0 Å². The lowest BCUT2D eigenvalue weighted by molar-refractivity contribution is 0.290. The van der Waals surface area contributed by atoms with Crippen molar-refractivity contribution < 1.29 is 0 Å². The monoisotopic (exact) mass is 323 g/mol. The highest BCUT2D eigenvalue weighted by molar-refractivity contribution is 6.35. The highest BCUT2D eigenvalue weighted by Crippen LogP contribution is 2.41. The number of aromatic nitrogens is 2. The third kappa shape index (κ3) is 2.09. The molecule has 2 aliphatic rings. The lowest BCUT2D eigenvalue weighted by Crippen LogP contribution is -2.28. The maximum atomic E-state index is 6.41. The Morgan fingerprint density at radius 2 is 2.10 bits per heavy atom. The third-order valence-corrected chi connectivity index (χ3v) is 5.46. The molecule has 5 heteroatoms. The van der Waals surface area contributed by atoms with Crippen LogP contribution in [-0.4, -0.2) is 33.6 Å². The van der Waals surface area contributed by atoms with Crippen molar-refractivity contribution in [3.8, 4) is 0 Å².